The van der Waals surface area contributed by atoms with Crippen LogP contribution in [0.15, 0.2) is 57.7 Å². The van der Waals surface area contributed by atoms with E-state index >= 15 is 0 Å². The van der Waals surface area contributed by atoms with Crippen LogP contribution >= 0.6 is 0 Å². The molecule has 1 aromatic carbocycles. The summed E-state index contributed by atoms with van der Waals surface area (Å²) in [5.74, 6) is 0.975. The lowest BCUT2D eigenvalue weighted by Gasteiger charge is -2.14. The highest BCUT2D eigenvalue weighted by molar-refractivity contribution is 5.83. The minimum Gasteiger partial charge on any atom is -0.459 e. The monoisotopic (exact) mass is 311 g/mol. The molecule has 2 aromatic heterocycles. The van der Waals surface area contributed by atoms with Gasteiger partial charge in [-0.25, -0.2) is 0 Å². The molecule has 2 heterocycles. The Morgan fingerprint density at radius 1 is 1.22 bits per heavy atom. The molecule has 0 fully saturated rings. The number of hydrogen-bond donors (Lipinski definition) is 1. The molecule has 1 atom stereocenters. The van der Waals surface area contributed by atoms with Gasteiger partial charge in [0, 0.05) is 0 Å². The SMILES string of the molecule is CCC(C(=O)NCc1noc(-c2ccco2)n1)c1ccccc1. The molecular weight excluding hydrogens is 294 g/mol. The first kappa shape index (κ1) is 15.0. The number of rotatable bonds is 6. The fraction of sp³-hybridized carbons (Fsp3) is 0.235. The van der Waals surface area contributed by atoms with Crippen LogP contribution in [0.3, 0.4) is 0 Å². The summed E-state index contributed by atoms with van der Waals surface area (Å²) in [7, 11) is 0. The van der Waals surface area contributed by atoms with Gasteiger partial charge < -0.3 is 14.3 Å². The summed E-state index contributed by atoms with van der Waals surface area (Å²) in [4.78, 5) is 16.6. The minimum absolute atomic E-state index is 0.0527. The van der Waals surface area contributed by atoms with E-state index in [1.165, 1.54) is 6.26 Å². The molecule has 1 amide bonds. The second-order valence-corrected chi connectivity index (χ2v) is 5.08. The molecule has 6 heteroatoms. The van der Waals surface area contributed by atoms with E-state index in [9.17, 15) is 4.79 Å². The molecule has 118 valence electrons. The Bertz CT molecular complexity index is 751. The summed E-state index contributed by atoms with van der Waals surface area (Å²) < 4.78 is 10.3. The highest BCUT2D eigenvalue weighted by Gasteiger charge is 2.19. The van der Waals surface area contributed by atoms with Crippen molar-refractivity contribution in [1.29, 1.82) is 0 Å². The van der Waals surface area contributed by atoms with Crippen molar-refractivity contribution in [1.82, 2.24) is 15.5 Å². The first-order chi connectivity index (χ1) is 11.3. The van der Waals surface area contributed by atoms with Crippen molar-refractivity contribution in [2.24, 2.45) is 0 Å². The van der Waals surface area contributed by atoms with E-state index in [1.807, 2.05) is 37.3 Å². The Morgan fingerprint density at radius 2 is 2.04 bits per heavy atom. The maximum Gasteiger partial charge on any atom is 0.293 e. The predicted octanol–water partition coefficient (Wildman–Crippen LogP) is 3.14. The van der Waals surface area contributed by atoms with Crippen LogP contribution in [-0.2, 0) is 11.3 Å². The van der Waals surface area contributed by atoms with Gasteiger partial charge in [0.05, 0.1) is 18.7 Å². The number of nitrogens with one attached hydrogen (secondary N) is 1. The Morgan fingerprint density at radius 3 is 2.74 bits per heavy atom. The normalized spacial score (nSPS) is 12.0. The smallest absolute Gasteiger partial charge is 0.293 e. The first-order valence-corrected chi connectivity index (χ1v) is 7.47. The summed E-state index contributed by atoms with van der Waals surface area (Å²) in [6, 6.07) is 13.2. The number of amides is 1. The van der Waals surface area contributed by atoms with Gasteiger partial charge in [0.1, 0.15) is 0 Å². The quantitative estimate of drug-likeness (QED) is 0.756. The standard InChI is InChI=1S/C17H17N3O3/c1-2-13(12-7-4-3-5-8-12)16(21)18-11-15-19-17(23-20-15)14-9-6-10-22-14/h3-10,13H,2,11H2,1H3,(H,18,21). The zero-order chi connectivity index (χ0) is 16.1. The molecule has 1 unspecified atom stereocenters. The molecule has 3 aromatic rings. The second kappa shape index (κ2) is 6.91. The third-order valence-corrected chi connectivity index (χ3v) is 3.55. The lowest BCUT2D eigenvalue weighted by atomic mass is 9.96. The maximum atomic E-state index is 12.4. The fourth-order valence-electron chi connectivity index (χ4n) is 2.37. The van der Waals surface area contributed by atoms with E-state index in [4.69, 9.17) is 8.94 Å². The Labute approximate surface area is 133 Å². The molecule has 6 nitrogen and oxygen atoms in total. The summed E-state index contributed by atoms with van der Waals surface area (Å²) in [5, 5.41) is 6.69. The Kier molecular flexibility index (Phi) is 4.52. The lowest BCUT2D eigenvalue weighted by molar-refractivity contribution is -0.122. The van der Waals surface area contributed by atoms with Crippen molar-refractivity contribution in [3.05, 3.63) is 60.1 Å². The third kappa shape index (κ3) is 3.48. The van der Waals surface area contributed by atoms with E-state index in [-0.39, 0.29) is 18.4 Å². The average Bonchev–Trinajstić information content (AvgIpc) is 3.26. The van der Waals surface area contributed by atoms with Gasteiger partial charge in [0.15, 0.2) is 11.6 Å². The molecule has 23 heavy (non-hydrogen) atoms. The van der Waals surface area contributed by atoms with Gasteiger partial charge in [-0.15, -0.1) is 0 Å². The van der Waals surface area contributed by atoms with Crippen molar-refractivity contribution in [3.63, 3.8) is 0 Å². The second-order valence-electron chi connectivity index (χ2n) is 5.08. The molecule has 0 spiro atoms. The van der Waals surface area contributed by atoms with Crippen LogP contribution in [0.2, 0.25) is 0 Å². The molecular formula is C17H17N3O3. The summed E-state index contributed by atoms with van der Waals surface area (Å²) in [5.41, 5.74) is 0.997. The number of nitrogens with zero attached hydrogens (tertiary/aromatic N) is 2. The van der Waals surface area contributed by atoms with Gasteiger partial charge in [-0.1, -0.05) is 42.4 Å². The van der Waals surface area contributed by atoms with E-state index in [2.05, 4.69) is 15.5 Å². The number of aromatic nitrogens is 2. The summed E-state index contributed by atoms with van der Waals surface area (Å²) >= 11 is 0. The molecule has 0 aliphatic carbocycles. The van der Waals surface area contributed by atoms with E-state index < -0.39 is 0 Å². The topological polar surface area (TPSA) is 81.2 Å². The van der Waals surface area contributed by atoms with Crippen LogP contribution < -0.4 is 5.32 Å². The fourth-order valence-corrected chi connectivity index (χ4v) is 2.37. The average molecular weight is 311 g/mol. The van der Waals surface area contributed by atoms with Crippen molar-refractivity contribution in [2.45, 2.75) is 25.8 Å². The van der Waals surface area contributed by atoms with Gasteiger partial charge >= 0.3 is 0 Å². The highest BCUT2D eigenvalue weighted by atomic mass is 16.5. The molecule has 0 aliphatic rings. The largest absolute Gasteiger partial charge is 0.459 e. The van der Waals surface area contributed by atoms with E-state index in [0.29, 0.717) is 17.5 Å². The summed E-state index contributed by atoms with van der Waals surface area (Å²) in [6.07, 6.45) is 2.26. The molecule has 0 saturated heterocycles. The van der Waals surface area contributed by atoms with Crippen LogP contribution in [0, 0.1) is 0 Å². The molecule has 3 rings (SSSR count). The Hall–Kier alpha value is -2.89. The number of furan rings is 1. The van der Waals surface area contributed by atoms with Crippen LogP contribution in [0.25, 0.3) is 11.7 Å². The van der Waals surface area contributed by atoms with E-state index in [1.54, 1.807) is 12.1 Å². The van der Waals surface area contributed by atoms with Crippen LogP contribution in [0.5, 0.6) is 0 Å². The molecule has 0 radical (unpaired) electrons. The van der Waals surface area contributed by atoms with Crippen LogP contribution in [0.1, 0.15) is 30.7 Å². The van der Waals surface area contributed by atoms with Crippen LogP contribution in [0.4, 0.5) is 0 Å². The molecule has 0 saturated carbocycles. The number of hydrogen-bond acceptors (Lipinski definition) is 5. The van der Waals surface area contributed by atoms with E-state index in [0.717, 1.165) is 12.0 Å². The number of carbonyl (C=O) groups excluding carboxylic acids is 1. The minimum atomic E-state index is -0.187. The van der Waals surface area contributed by atoms with Gasteiger partial charge in [-0.2, -0.15) is 4.98 Å². The van der Waals surface area contributed by atoms with Crippen molar-refractivity contribution in [2.75, 3.05) is 0 Å². The Balaban J connectivity index is 1.62. The van der Waals surface area contributed by atoms with Crippen LogP contribution in [-0.4, -0.2) is 16.0 Å². The third-order valence-electron chi connectivity index (χ3n) is 3.55. The highest BCUT2D eigenvalue weighted by Crippen LogP contribution is 2.20. The van der Waals surface area contributed by atoms with Gasteiger partial charge in [0.25, 0.3) is 5.89 Å². The van der Waals surface area contributed by atoms with Crippen molar-refractivity contribution in [3.8, 4) is 11.7 Å². The number of benzene rings is 1. The zero-order valence-electron chi connectivity index (χ0n) is 12.7. The maximum absolute atomic E-state index is 12.4. The molecule has 0 aliphatic heterocycles. The zero-order valence-corrected chi connectivity index (χ0v) is 12.7. The van der Waals surface area contributed by atoms with Crippen molar-refractivity contribution < 1.29 is 13.7 Å². The summed E-state index contributed by atoms with van der Waals surface area (Å²) in [6.45, 7) is 2.20. The van der Waals surface area contributed by atoms with Gasteiger partial charge in [-0.05, 0) is 24.1 Å². The van der Waals surface area contributed by atoms with Crippen molar-refractivity contribution >= 4 is 5.91 Å². The first-order valence-electron chi connectivity index (χ1n) is 7.47. The van der Waals surface area contributed by atoms with Gasteiger partial charge in [0.2, 0.25) is 5.91 Å². The lowest BCUT2D eigenvalue weighted by Crippen LogP contribution is -2.29. The number of carbonyl (C=O) groups is 1. The molecule has 0 bridgehead atoms. The predicted molar refractivity (Wildman–Crippen MR) is 83.3 cm³/mol. The molecule has 1 N–H and O–H groups in total. The van der Waals surface area contributed by atoms with Gasteiger partial charge in [-0.3, -0.25) is 4.79 Å².